The Morgan fingerprint density at radius 1 is 1.32 bits per heavy atom. The fourth-order valence-electron chi connectivity index (χ4n) is 1.52. The van der Waals surface area contributed by atoms with Gasteiger partial charge in [-0.25, -0.2) is 4.79 Å². The number of hydrogen-bond acceptors (Lipinski definition) is 3. The highest BCUT2D eigenvalue weighted by atomic mass is 79.9. The summed E-state index contributed by atoms with van der Waals surface area (Å²) in [6, 6.07) is 3.71. The van der Waals surface area contributed by atoms with Crippen LogP contribution in [-0.4, -0.2) is 36.7 Å². The highest BCUT2D eigenvalue weighted by molar-refractivity contribution is 9.10. The van der Waals surface area contributed by atoms with Crippen molar-refractivity contribution in [3.05, 3.63) is 33.3 Å². The number of aliphatic carboxylic acids is 1. The average molecular weight is 330 g/mol. The number of amides is 1. The number of nitrogens with one attached hydrogen (secondary N) is 1. The Labute approximate surface area is 120 Å². The third kappa shape index (κ3) is 5.00. The van der Waals surface area contributed by atoms with Crippen molar-refractivity contribution >= 4 is 27.8 Å². The number of benzene rings is 1. The fraction of sp³-hybridized carbons (Fsp3) is 0.385. The SMILES string of the molecule is Cc1cc(C(=O)NCCOCC(=O)O)c(C)cc1Br. The van der Waals surface area contributed by atoms with E-state index in [9.17, 15) is 9.59 Å². The smallest absolute Gasteiger partial charge is 0.329 e. The van der Waals surface area contributed by atoms with Gasteiger partial charge in [0.2, 0.25) is 0 Å². The lowest BCUT2D eigenvalue weighted by Crippen LogP contribution is -2.28. The van der Waals surface area contributed by atoms with Crippen LogP contribution >= 0.6 is 15.9 Å². The third-order valence-corrected chi connectivity index (χ3v) is 3.36. The van der Waals surface area contributed by atoms with E-state index in [4.69, 9.17) is 9.84 Å². The van der Waals surface area contributed by atoms with E-state index in [1.165, 1.54) is 0 Å². The summed E-state index contributed by atoms with van der Waals surface area (Å²) in [4.78, 5) is 22.1. The molecule has 0 heterocycles. The van der Waals surface area contributed by atoms with E-state index in [0.717, 1.165) is 15.6 Å². The van der Waals surface area contributed by atoms with Gasteiger partial charge in [0.15, 0.2) is 0 Å². The number of ether oxygens (including phenoxy) is 1. The van der Waals surface area contributed by atoms with Gasteiger partial charge in [-0.2, -0.15) is 0 Å². The standard InChI is InChI=1S/C13H16BrNO4/c1-8-6-11(14)9(2)5-10(8)13(18)15-3-4-19-7-12(16)17/h5-6H,3-4,7H2,1-2H3,(H,15,18)(H,16,17). The number of halogens is 1. The molecule has 1 aromatic rings. The molecular weight excluding hydrogens is 314 g/mol. The molecule has 0 aliphatic carbocycles. The molecule has 1 amide bonds. The quantitative estimate of drug-likeness (QED) is 0.781. The third-order valence-electron chi connectivity index (χ3n) is 2.51. The van der Waals surface area contributed by atoms with Gasteiger partial charge in [-0.05, 0) is 37.1 Å². The molecule has 0 fully saturated rings. The first-order valence-corrected chi connectivity index (χ1v) is 6.55. The molecule has 1 rings (SSSR count). The van der Waals surface area contributed by atoms with Crippen LogP contribution in [0.15, 0.2) is 16.6 Å². The molecule has 0 aliphatic rings. The number of carbonyl (C=O) groups excluding carboxylic acids is 1. The van der Waals surface area contributed by atoms with Gasteiger partial charge in [0.25, 0.3) is 5.91 Å². The van der Waals surface area contributed by atoms with Gasteiger partial charge in [-0.1, -0.05) is 15.9 Å². The predicted octanol–water partition coefficient (Wildman–Crippen LogP) is 1.90. The van der Waals surface area contributed by atoms with Crippen molar-refractivity contribution in [1.82, 2.24) is 5.32 Å². The number of carboxylic acids is 1. The number of aryl methyl sites for hydroxylation is 2. The van der Waals surface area contributed by atoms with Gasteiger partial charge >= 0.3 is 5.97 Å². The highest BCUT2D eigenvalue weighted by Crippen LogP contribution is 2.20. The maximum atomic E-state index is 11.9. The van der Waals surface area contributed by atoms with Gasteiger partial charge in [0, 0.05) is 16.6 Å². The normalized spacial score (nSPS) is 10.3. The molecule has 6 heteroatoms. The van der Waals surface area contributed by atoms with Gasteiger partial charge < -0.3 is 15.2 Å². The molecule has 1 aromatic carbocycles. The minimum absolute atomic E-state index is 0.173. The number of carboxylic acid groups (broad SMARTS) is 1. The summed E-state index contributed by atoms with van der Waals surface area (Å²) in [6.45, 7) is 3.87. The van der Waals surface area contributed by atoms with Gasteiger partial charge in [0.05, 0.1) is 6.61 Å². The van der Waals surface area contributed by atoms with Crippen molar-refractivity contribution in [2.75, 3.05) is 19.8 Å². The fourth-order valence-corrected chi connectivity index (χ4v) is 1.97. The Balaban J connectivity index is 2.50. The van der Waals surface area contributed by atoms with E-state index in [-0.39, 0.29) is 25.7 Å². The zero-order chi connectivity index (χ0) is 14.4. The monoisotopic (exact) mass is 329 g/mol. The second-order valence-electron chi connectivity index (χ2n) is 4.12. The Morgan fingerprint density at radius 3 is 2.63 bits per heavy atom. The van der Waals surface area contributed by atoms with Crippen LogP contribution in [0.4, 0.5) is 0 Å². The molecule has 0 saturated carbocycles. The molecule has 0 aromatic heterocycles. The molecule has 0 saturated heterocycles. The van der Waals surface area contributed by atoms with E-state index in [1.807, 2.05) is 26.0 Å². The maximum Gasteiger partial charge on any atom is 0.329 e. The molecule has 0 radical (unpaired) electrons. The van der Waals surface area contributed by atoms with E-state index in [1.54, 1.807) is 0 Å². The summed E-state index contributed by atoms with van der Waals surface area (Å²) in [5.74, 6) is -1.21. The molecular formula is C13H16BrNO4. The Morgan fingerprint density at radius 2 is 2.00 bits per heavy atom. The maximum absolute atomic E-state index is 11.9. The lowest BCUT2D eigenvalue weighted by atomic mass is 10.1. The van der Waals surface area contributed by atoms with Crippen molar-refractivity contribution in [1.29, 1.82) is 0 Å². The van der Waals surface area contributed by atoms with Crippen LogP contribution in [0.5, 0.6) is 0 Å². The van der Waals surface area contributed by atoms with Crippen LogP contribution in [-0.2, 0) is 9.53 Å². The molecule has 0 bridgehead atoms. The first kappa shape index (κ1) is 15.7. The molecule has 0 aliphatic heterocycles. The van der Waals surface area contributed by atoms with Gasteiger partial charge in [-0.3, -0.25) is 4.79 Å². The van der Waals surface area contributed by atoms with Gasteiger partial charge in [-0.15, -0.1) is 0 Å². The molecule has 0 atom stereocenters. The summed E-state index contributed by atoms with van der Waals surface area (Å²) in [5, 5.41) is 11.1. The van der Waals surface area contributed by atoms with Crippen molar-refractivity contribution in [3.8, 4) is 0 Å². The van der Waals surface area contributed by atoms with Crippen LogP contribution in [0.25, 0.3) is 0 Å². The molecule has 0 unspecified atom stereocenters. The second kappa shape index (κ2) is 7.25. The molecule has 104 valence electrons. The Bertz CT molecular complexity index is 488. The number of carbonyl (C=O) groups is 2. The first-order valence-electron chi connectivity index (χ1n) is 5.76. The van der Waals surface area contributed by atoms with Crippen LogP contribution in [0.1, 0.15) is 21.5 Å². The summed E-state index contributed by atoms with van der Waals surface area (Å²) in [7, 11) is 0. The van der Waals surface area contributed by atoms with Crippen LogP contribution < -0.4 is 5.32 Å². The average Bonchev–Trinajstić information content (AvgIpc) is 2.32. The van der Waals surface area contributed by atoms with Crippen molar-refractivity contribution in [2.45, 2.75) is 13.8 Å². The summed E-state index contributed by atoms with van der Waals surface area (Å²) in [6.07, 6.45) is 0. The lowest BCUT2D eigenvalue weighted by Gasteiger charge is -2.10. The largest absolute Gasteiger partial charge is 0.480 e. The molecule has 5 nitrogen and oxygen atoms in total. The van der Waals surface area contributed by atoms with E-state index < -0.39 is 5.97 Å². The minimum Gasteiger partial charge on any atom is -0.480 e. The van der Waals surface area contributed by atoms with E-state index in [2.05, 4.69) is 21.2 Å². The van der Waals surface area contributed by atoms with E-state index in [0.29, 0.717) is 5.56 Å². The van der Waals surface area contributed by atoms with Crippen molar-refractivity contribution < 1.29 is 19.4 Å². The number of rotatable bonds is 6. The zero-order valence-electron chi connectivity index (χ0n) is 10.8. The van der Waals surface area contributed by atoms with Crippen LogP contribution in [0, 0.1) is 13.8 Å². The van der Waals surface area contributed by atoms with Crippen LogP contribution in [0.3, 0.4) is 0 Å². The lowest BCUT2D eigenvalue weighted by molar-refractivity contribution is -0.142. The number of hydrogen-bond donors (Lipinski definition) is 2. The van der Waals surface area contributed by atoms with Crippen LogP contribution in [0.2, 0.25) is 0 Å². The second-order valence-corrected chi connectivity index (χ2v) is 4.97. The first-order chi connectivity index (χ1) is 8.91. The summed E-state index contributed by atoms with van der Waals surface area (Å²) < 4.78 is 5.80. The Hall–Kier alpha value is -1.40. The van der Waals surface area contributed by atoms with E-state index >= 15 is 0 Å². The Kier molecular flexibility index (Phi) is 5.98. The highest BCUT2D eigenvalue weighted by Gasteiger charge is 2.10. The summed E-state index contributed by atoms with van der Waals surface area (Å²) in [5.41, 5.74) is 2.47. The molecule has 2 N–H and O–H groups in total. The van der Waals surface area contributed by atoms with Gasteiger partial charge in [0.1, 0.15) is 6.61 Å². The zero-order valence-corrected chi connectivity index (χ0v) is 12.4. The molecule has 0 spiro atoms. The van der Waals surface area contributed by atoms with Crippen molar-refractivity contribution in [2.24, 2.45) is 0 Å². The summed E-state index contributed by atoms with van der Waals surface area (Å²) >= 11 is 3.41. The topological polar surface area (TPSA) is 75.6 Å². The van der Waals surface area contributed by atoms with Crippen molar-refractivity contribution in [3.63, 3.8) is 0 Å². The predicted molar refractivity (Wildman–Crippen MR) is 74.4 cm³/mol. The molecule has 19 heavy (non-hydrogen) atoms. The minimum atomic E-state index is -1.02.